The first kappa shape index (κ1) is 18.1. The number of carbonyl (C=O) groups excluding carboxylic acids is 1. The van der Waals surface area contributed by atoms with E-state index < -0.39 is 0 Å². The molecule has 6 nitrogen and oxygen atoms in total. The van der Waals surface area contributed by atoms with E-state index in [1.165, 1.54) is 22.4 Å². The quantitative estimate of drug-likeness (QED) is 0.804. The molecular formula is C17H23N5OS2. The van der Waals surface area contributed by atoms with E-state index in [1.807, 2.05) is 20.8 Å². The predicted molar refractivity (Wildman–Crippen MR) is 106 cm³/mol. The van der Waals surface area contributed by atoms with Crippen LogP contribution in [0.5, 0.6) is 0 Å². The van der Waals surface area contributed by atoms with Crippen LogP contribution in [0.3, 0.4) is 0 Å². The average molecular weight is 378 g/mol. The number of H-pyrrole nitrogens is 1. The minimum atomic E-state index is 0.0356. The minimum Gasteiger partial charge on any atom is -0.338 e. The monoisotopic (exact) mass is 377 g/mol. The largest absolute Gasteiger partial charge is 0.338 e. The molecule has 0 bridgehead atoms. The predicted octanol–water partition coefficient (Wildman–Crippen LogP) is 4.10. The molecule has 0 radical (unpaired) electrons. The Balaban J connectivity index is 2.03. The van der Waals surface area contributed by atoms with E-state index >= 15 is 0 Å². The van der Waals surface area contributed by atoms with Crippen LogP contribution < -0.4 is 0 Å². The van der Waals surface area contributed by atoms with Gasteiger partial charge in [-0.15, -0.1) is 0 Å². The van der Waals surface area contributed by atoms with Crippen molar-refractivity contribution in [1.29, 1.82) is 0 Å². The standard InChI is InChI=1S/C17H23N5OS2/c1-7-21-11(5)12(6)24-16(21)14-15(23)22(8-2)17(25-14)18-13-9(3)19-20-10(13)4/h7-8H2,1-6H3,(H,19,20). The molecular weight excluding hydrogens is 354 g/mol. The van der Waals surface area contributed by atoms with Crippen molar-refractivity contribution in [2.24, 2.45) is 4.99 Å². The second-order valence-corrected chi connectivity index (χ2v) is 8.13. The Labute approximate surface area is 156 Å². The Morgan fingerprint density at radius 2 is 1.76 bits per heavy atom. The summed E-state index contributed by atoms with van der Waals surface area (Å²) < 4.78 is 0. The summed E-state index contributed by atoms with van der Waals surface area (Å²) in [5, 5.41) is 8.89. The van der Waals surface area contributed by atoms with Crippen LogP contribution in [0, 0.1) is 13.8 Å². The van der Waals surface area contributed by atoms with Gasteiger partial charge in [-0.25, -0.2) is 4.99 Å². The number of rotatable bonds is 3. The Hall–Kier alpha value is -1.67. The molecule has 1 amide bonds. The highest BCUT2D eigenvalue weighted by atomic mass is 32.2. The highest BCUT2D eigenvalue weighted by molar-refractivity contribution is 8.19. The number of aryl methyl sites for hydroxylation is 2. The summed E-state index contributed by atoms with van der Waals surface area (Å²) in [6.07, 6.45) is 0. The molecule has 0 aliphatic carbocycles. The van der Waals surface area contributed by atoms with Gasteiger partial charge in [-0.1, -0.05) is 11.8 Å². The van der Waals surface area contributed by atoms with E-state index in [-0.39, 0.29) is 5.91 Å². The van der Waals surface area contributed by atoms with Crippen molar-refractivity contribution in [1.82, 2.24) is 20.0 Å². The number of aromatic nitrogens is 2. The summed E-state index contributed by atoms with van der Waals surface area (Å²) in [6, 6.07) is 0. The van der Waals surface area contributed by atoms with Crippen LogP contribution in [0.1, 0.15) is 39.1 Å². The van der Waals surface area contributed by atoms with Crippen LogP contribution in [-0.2, 0) is 4.79 Å². The van der Waals surface area contributed by atoms with Gasteiger partial charge in [-0.3, -0.25) is 14.8 Å². The molecule has 2 aliphatic rings. The molecule has 0 aromatic carbocycles. The first-order valence-electron chi connectivity index (χ1n) is 8.36. The Morgan fingerprint density at radius 3 is 2.32 bits per heavy atom. The molecule has 3 heterocycles. The number of thioether (sulfide) groups is 2. The molecule has 0 spiro atoms. The summed E-state index contributed by atoms with van der Waals surface area (Å²) in [4.78, 5) is 23.7. The lowest BCUT2D eigenvalue weighted by molar-refractivity contribution is -0.122. The molecule has 1 aromatic rings. The number of allylic oxidation sites excluding steroid dienone is 2. The number of nitrogens with zero attached hydrogens (tertiary/aromatic N) is 4. The summed E-state index contributed by atoms with van der Waals surface area (Å²) in [5.41, 5.74) is 3.79. The van der Waals surface area contributed by atoms with Crippen molar-refractivity contribution in [3.05, 3.63) is 31.9 Å². The maximum absolute atomic E-state index is 13.0. The zero-order chi connectivity index (χ0) is 18.3. The van der Waals surface area contributed by atoms with E-state index in [4.69, 9.17) is 4.99 Å². The van der Waals surface area contributed by atoms with Crippen LogP contribution in [0.4, 0.5) is 5.69 Å². The molecule has 1 aromatic heterocycles. The van der Waals surface area contributed by atoms with Gasteiger partial charge in [-0.05, 0) is 53.3 Å². The molecule has 0 unspecified atom stereocenters. The number of aliphatic imine (C=N–C) groups is 1. The fourth-order valence-electron chi connectivity index (χ4n) is 2.87. The van der Waals surface area contributed by atoms with Crippen molar-refractivity contribution in [2.75, 3.05) is 13.1 Å². The van der Waals surface area contributed by atoms with E-state index in [0.717, 1.165) is 38.7 Å². The van der Waals surface area contributed by atoms with Gasteiger partial charge in [0, 0.05) is 23.7 Å². The fraction of sp³-hybridized carbons (Fsp3) is 0.471. The second kappa shape index (κ2) is 6.92. The topological polar surface area (TPSA) is 64.6 Å². The molecule has 1 saturated heterocycles. The number of carbonyl (C=O) groups is 1. The smallest absolute Gasteiger partial charge is 0.269 e. The van der Waals surface area contributed by atoms with Crippen LogP contribution in [-0.4, -0.2) is 44.2 Å². The lowest BCUT2D eigenvalue weighted by Gasteiger charge is -2.20. The van der Waals surface area contributed by atoms with Gasteiger partial charge < -0.3 is 4.90 Å². The van der Waals surface area contributed by atoms with Crippen LogP contribution in [0.2, 0.25) is 0 Å². The van der Waals surface area contributed by atoms with Crippen LogP contribution >= 0.6 is 23.5 Å². The van der Waals surface area contributed by atoms with Crippen molar-refractivity contribution in [3.8, 4) is 0 Å². The summed E-state index contributed by atoms with van der Waals surface area (Å²) in [5.74, 6) is 0.0356. The molecule has 8 heteroatoms. The summed E-state index contributed by atoms with van der Waals surface area (Å²) in [7, 11) is 0. The number of hydrogen-bond donors (Lipinski definition) is 1. The molecule has 0 saturated carbocycles. The normalized spacial score (nSPS) is 23.0. The Bertz CT molecular complexity index is 802. The number of amides is 1. The zero-order valence-corrected chi connectivity index (χ0v) is 17.1. The van der Waals surface area contributed by atoms with Crippen molar-refractivity contribution in [3.63, 3.8) is 0 Å². The van der Waals surface area contributed by atoms with Gasteiger partial charge in [0.15, 0.2) is 5.17 Å². The molecule has 3 rings (SSSR count). The zero-order valence-electron chi connectivity index (χ0n) is 15.4. The van der Waals surface area contributed by atoms with Gasteiger partial charge >= 0.3 is 0 Å². The molecule has 2 aliphatic heterocycles. The first-order valence-corrected chi connectivity index (χ1v) is 9.99. The van der Waals surface area contributed by atoms with E-state index in [1.54, 1.807) is 16.7 Å². The summed E-state index contributed by atoms with van der Waals surface area (Å²) in [6.45, 7) is 13.6. The molecule has 1 fully saturated rings. The number of likely N-dealkylation sites (N-methyl/N-ethyl adjacent to an activating group) is 1. The van der Waals surface area contributed by atoms with E-state index in [0.29, 0.717) is 6.54 Å². The highest BCUT2D eigenvalue weighted by Gasteiger charge is 2.38. The average Bonchev–Trinajstić information content (AvgIpc) is 3.17. The van der Waals surface area contributed by atoms with E-state index in [2.05, 4.69) is 35.9 Å². The molecule has 0 atom stereocenters. The van der Waals surface area contributed by atoms with Crippen molar-refractivity contribution >= 4 is 40.3 Å². The van der Waals surface area contributed by atoms with Crippen LogP contribution in [0.25, 0.3) is 0 Å². The van der Waals surface area contributed by atoms with Gasteiger partial charge in [0.05, 0.1) is 16.4 Å². The Morgan fingerprint density at radius 1 is 1.08 bits per heavy atom. The van der Waals surface area contributed by atoms with Gasteiger partial charge in [-0.2, -0.15) is 5.10 Å². The third-order valence-electron chi connectivity index (χ3n) is 4.40. The number of nitrogens with one attached hydrogen (secondary N) is 1. The third-order valence-corrected chi connectivity index (χ3v) is 6.81. The maximum Gasteiger partial charge on any atom is 0.269 e. The van der Waals surface area contributed by atoms with Crippen molar-refractivity contribution < 1.29 is 4.79 Å². The Kier molecular flexibility index (Phi) is 5.02. The highest BCUT2D eigenvalue weighted by Crippen LogP contribution is 2.47. The third kappa shape index (κ3) is 3.01. The van der Waals surface area contributed by atoms with Gasteiger partial charge in [0.25, 0.3) is 5.91 Å². The number of amidine groups is 1. The number of aromatic amines is 1. The first-order chi connectivity index (χ1) is 11.9. The lowest BCUT2D eigenvalue weighted by Crippen LogP contribution is -2.29. The maximum atomic E-state index is 13.0. The summed E-state index contributed by atoms with van der Waals surface area (Å²) >= 11 is 3.14. The van der Waals surface area contributed by atoms with Gasteiger partial charge in [0.1, 0.15) is 10.6 Å². The molecule has 134 valence electrons. The number of hydrogen-bond acceptors (Lipinski definition) is 6. The second-order valence-electron chi connectivity index (χ2n) is 5.95. The molecule has 25 heavy (non-hydrogen) atoms. The fourth-order valence-corrected chi connectivity index (χ4v) is 5.26. The molecule has 1 N–H and O–H groups in total. The van der Waals surface area contributed by atoms with Crippen LogP contribution in [0.15, 0.2) is 25.5 Å². The van der Waals surface area contributed by atoms with Gasteiger partial charge in [0.2, 0.25) is 0 Å². The lowest BCUT2D eigenvalue weighted by atomic mass is 10.3. The minimum absolute atomic E-state index is 0.0356. The SMILES string of the molecule is CCN1C(=O)C(=C2SC(C)=C(C)N2CC)SC1=Nc1c(C)n[nH]c1C. The van der Waals surface area contributed by atoms with E-state index in [9.17, 15) is 4.79 Å². The van der Waals surface area contributed by atoms with Crippen molar-refractivity contribution in [2.45, 2.75) is 41.5 Å².